The molecule has 5 rings (SSSR count). The average molecular weight is 407 g/mol. The monoisotopic (exact) mass is 407 g/mol. The van der Waals surface area contributed by atoms with E-state index in [-0.39, 0.29) is 11.7 Å². The van der Waals surface area contributed by atoms with Gasteiger partial charge in [-0.05, 0) is 18.2 Å². The van der Waals surface area contributed by atoms with Gasteiger partial charge in [0.15, 0.2) is 0 Å². The second-order valence-electron chi connectivity index (χ2n) is 6.49. The van der Waals surface area contributed by atoms with E-state index in [9.17, 15) is 17.6 Å². The summed E-state index contributed by atoms with van der Waals surface area (Å²) >= 11 is 0. The van der Waals surface area contributed by atoms with Gasteiger partial charge < -0.3 is 14.3 Å². The molecule has 0 spiro atoms. The van der Waals surface area contributed by atoms with Crippen LogP contribution in [0.25, 0.3) is 5.52 Å². The lowest BCUT2D eigenvalue weighted by molar-refractivity contribution is 0.115. The summed E-state index contributed by atoms with van der Waals surface area (Å²) < 4.78 is 58.8. The number of aromatic nitrogens is 6. The van der Waals surface area contributed by atoms with Gasteiger partial charge in [0.2, 0.25) is 0 Å². The molecule has 1 atom stereocenters. The fourth-order valence-corrected chi connectivity index (χ4v) is 3.57. The first-order valence-corrected chi connectivity index (χ1v) is 8.70. The van der Waals surface area contributed by atoms with Gasteiger partial charge in [0.1, 0.15) is 11.7 Å². The van der Waals surface area contributed by atoms with Gasteiger partial charge in [-0.1, -0.05) is 11.2 Å². The lowest BCUT2D eigenvalue weighted by atomic mass is 10.0. The summed E-state index contributed by atoms with van der Waals surface area (Å²) in [5.74, 6) is -0.790. The lowest BCUT2D eigenvalue weighted by Crippen LogP contribution is -2.37. The van der Waals surface area contributed by atoms with Gasteiger partial charge in [-0.25, -0.2) is 18.3 Å². The molecule has 0 radical (unpaired) electrons. The largest absolute Gasteiger partial charge is 0.402 e. The first-order valence-electron chi connectivity index (χ1n) is 8.70. The molecule has 4 aromatic rings. The van der Waals surface area contributed by atoms with Crippen LogP contribution in [0.4, 0.5) is 23.6 Å². The number of anilines is 1. The summed E-state index contributed by atoms with van der Waals surface area (Å²) in [6.45, 7) is 0.361. The zero-order chi connectivity index (χ0) is 20.1. The molecule has 0 saturated heterocycles. The number of imidazole rings is 1. The van der Waals surface area contributed by atoms with Crippen LogP contribution in [0.2, 0.25) is 0 Å². The highest BCUT2D eigenvalue weighted by molar-refractivity contribution is 5.53. The number of pyridine rings is 1. The van der Waals surface area contributed by atoms with E-state index >= 15 is 0 Å². The Labute approximate surface area is 160 Å². The molecule has 0 aliphatic carbocycles. The van der Waals surface area contributed by atoms with Gasteiger partial charge in [-0.3, -0.25) is 0 Å². The van der Waals surface area contributed by atoms with Crippen LogP contribution < -0.4 is 4.90 Å². The molecule has 12 heteroatoms. The van der Waals surface area contributed by atoms with Crippen molar-refractivity contribution in [3.63, 3.8) is 0 Å². The van der Waals surface area contributed by atoms with Crippen molar-refractivity contribution in [3.8, 4) is 0 Å². The second-order valence-corrected chi connectivity index (χ2v) is 6.49. The zero-order valence-electron chi connectivity index (χ0n) is 14.6. The van der Waals surface area contributed by atoms with Gasteiger partial charge in [0, 0.05) is 18.7 Å². The minimum absolute atomic E-state index is 0.106. The molecule has 0 saturated carbocycles. The highest BCUT2D eigenvalue weighted by atomic mass is 19.3. The molecule has 5 heterocycles. The maximum Gasteiger partial charge on any atom is 0.319 e. The van der Waals surface area contributed by atoms with Crippen LogP contribution in [0, 0.1) is 0 Å². The molecule has 1 aliphatic heterocycles. The number of nitrogens with zero attached hydrogens (tertiary/aromatic N) is 6. The maximum absolute atomic E-state index is 13.4. The van der Waals surface area contributed by atoms with Crippen molar-refractivity contribution >= 4 is 11.5 Å². The van der Waals surface area contributed by atoms with Crippen molar-refractivity contribution in [1.29, 1.82) is 0 Å². The standard InChI is InChI=1S/C17H13F4N7O/c18-14(19)11-3-1-2-8-6-10(26-28(8)11)13-12-9(22-7-23-12)4-5-27(13)17-25-24-16(29-17)15(20)21/h1-3,6-7,13-15H,4-5H2,(H,22,23)/t13-/m0/s1. The predicted molar refractivity (Wildman–Crippen MR) is 90.9 cm³/mol. The van der Waals surface area contributed by atoms with Gasteiger partial charge in [-0.15, -0.1) is 5.10 Å². The van der Waals surface area contributed by atoms with E-state index in [1.54, 1.807) is 17.0 Å². The Balaban J connectivity index is 1.65. The minimum Gasteiger partial charge on any atom is -0.402 e. The molecule has 4 aromatic heterocycles. The fraction of sp³-hybridized carbons (Fsp3) is 0.294. The Morgan fingerprint density at radius 2 is 2.00 bits per heavy atom. The summed E-state index contributed by atoms with van der Waals surface area (Å²) in [4.78, 5) is 8.97. The summed E-state index contributed by atoms with van der Waals surface area (Å²) in [6, 6.07) is 5.35. The summed E-state index contributed by atoms with van der Waals surface area (Å²) in [5.41, 5.74) is 2.05. The van der Waals surface area contributed by atoms with Gasteiger partial charge in [-0.2, -0.15) is 13.9 Å². The van der Waals surface area contributed by atoms with Gasteiger partial charge in [0.05, 0.1) is 23.2 Å². The molecule has 0 bridgehead atoms. The third-order valence-corrected chi connectivity index (χ3v) is 4.83. The highest BCUT2D eigenvalue weighted by Gasteiger charge is 2.36. The van der Waals surface area contributed by atoms with Crippen LogP contribution in [0.15, 0.2) is 35.0 Å². The number of nitrogens with one attached hydrogen (secondary N) is 1. The van der Waals surface area contributed by atoms with E-state index < -0.39 is 24.8 Å². The molecule has 1 aliphatic rings. The van der Waals surface area contributed by atoms with Crippen molar-refractivity contribution in [2.45, 2.75) is 25.3 Å². The van der Waals surface area contributed by atoms with Crippen LogP contribution >= 0.6 is 0 Å². The van der Waals surface area contributed by atoms with Gasteiger partial charge >= 0.3 is 12.4 Å². The molecule has 0 amide bonds. The van der Waals surface area contributed by atoms with Crippen molar-refractivity contribution in [3.05, 3.63) is 59.3 Å². The third-order valence-electron chi connectivity index (χ3n) is 4.83. The number of aromatic amines is 1. The van der Waals surface area contributed by atoms with E-state index in [2.05, 4.69) is 25.3 Å². The van der Waals surface area contributed by atoms with Crippen LogP contribution in [-0.4, -0.2) is 36.3 Å². The topological polar surface area (TPSA) is 88.1 Å². The lowest BCUT2D eigenvalue weighted by Gasteiger charge is -2.32. The molecule has 150 valence electrons. The van der Waals surface area contributed by atoms with Gasteiger partial charge in [0.25, 0.3) is 12.3 Å². The second kappa shape index (κ2) is 6.57. The van der Waals surface area contributed by atoms with E-state index in [1.165, 1.54) is 18.5 Å². The Bertz CT molecular complexity index is 1170. The number of fused-ring (bicyclic) bond motifs is 2. The van der Waals surface area contributed by atoms with E-state index in [0.29, 0.717) is 29.9 Å². The first kappa shape index (κ1) is 17.6. The van der Waals surface area contributed by atoms with Crippen LogP contribution in [0.5, 0.6) is 0 Å². The smallest absolute Gasteiger partial charge is 0.319 e. The number of halogens is 4. The molecule has 8 nitrogen and oxygen atoms in total. The Hall–Kier alpha value is -3.44. The Kier molecular flexibility index (Phi) is 4.00. The fourth-order valence-electron chi connectivity index (χ4n) is 3.57. The molecule has 1 N–H and O–H groups in total. The number of alkyl halides is 4. The molecule has 0 aromatic carbocycles. The molecule has 0 unspecified atom stereocenters. The summed E-state index contributed by atoms with van der Waals surface area (Å²) in [5, 5.41) is 11.5. The molecular weight excluding hydrogens is 394 g/mol. The molecular formula is C17H13F4N7O. The number of hydrogen-bond acceptors (Lipinski definition) is 6. The SMILES string of the molecule is FC(F)c1nnc(N2CCc3[nH]cnc3[C@@H]2c2cc3cccc(C(F)F)n3n2)o1. The number of rotatable bonds is 4. The van der Waals surface area contributed by atoms with Crippen molar-refractivity contribution in [2.24, 2.45) is 0 Å². The van der Waals surface area contributed by atoms with E-state index in [4.69, 9.17) is 4.42 Å². The van der Waals surface area contributed by atoms with Crippen LogP contribution in [0.3, 0.4) is 0 Å². The number of hydrogen-bond donors (Lipinski definition) is 1. The number of H-pyrrole nitrogens is 1. The quantitative estimate of drug-likeness (QED) is 0.521. The first-order chi connectivity index (χ1) is 14.0. The van der Waals surface area contributed by atoms with Crippen molar-refractivity contribution < 1.29 is 22.0 Å². The van der Waals surface area contributed by atoms with Crippen molar-refractivity contribution in [1.82, 2.24) is 29.8 Å². The summed E-state index contributed by atoms with van der Waals surface area (Å²) in [7, 11) is 0. The maximum atomic E-state index is 13.4. The van der Waals surface area contributed by atoms with Crippen LogP contribution in [-0.2, 0) is 6.42 Å². The summed E-state index contributed by atoms with van der Waals surface area (Å²) in [6.07, 6.45) is -3.56. The normalized spacial score (nSPS) is 16.9. The minimum atomic E-state index is -2.90. The Morgan fingerprint density at radius 3 is 2.76 bits per heavy atom. The van der Waals surface area contributed by atoms with E-state index in [1.807, 2.05) is 0 Å². The van der Waals surface area contributed by atoms with E-state index in [0.717, 1.165) is 10.2 Å². The van der Waals surface area contributed by atoms with Crippen LogP contribution in [0.1, 0.15) is 47.6 Å². The Morgan fingerprint density at radius 1 is 1.14 bits per heavy atom. The predicted octanol–water partition coefficient (Wildman–Crippen LogP) is 3.47. The highest BCUT2D eigenvalue weighted by Crippen LogP contribution is 2.37. The zero-order valence-corrected chi connectivity index (χ0v) is 14.6. The third kappa shape index (κ3) is 2.82. The molecule has 0 fully saturated rings. The average Bonchev–Trinajstić information content (AvgIpc) is 3.44. The molecule has 29 heavy (non-hydrogen) atoms. The van der Waals surface area contributed by atoms with Crippen molar-refractivity contribution in [2.75, 3.05) is 11.4 Å².